The van der Waals surface area contributed by atoms with E-state index in [1.165, 1.54) is 18.7 Å². The lowest BCUT2D eigenvalue weighted by molar-refractivity contribution is 0.103. The van der Waals surface area contributed by atoms with Gasteiger partial charge in [-0.15, -0.1) is 0 Å². The Balaban J connectivity index is 2.02. The second kappa shape index (κ2) is 4.92. The molecule has 0 spiro atoms. The number of halogens is 1. The van der Waals surface area contributed by atoms with Crippen molar-refractivity contribution in [3.63, 3.8) is 0 Å². The van der Waals surface area contributed by atoms with Crippen LogP contribution in [-0.2, 0) is 0 Å². The fourth-order valence-electron chi connectivity index (χ4n) is 2.48. The molecule has 1 aromatic heterocycles. The van der Waals surface area contributed by atoms with Crippen LogP contribution in [0.1, 0.15) is 46.7 Å². The summed E-state index contributed by atoms with van der Waals surface area (Å²) < 4.78 is 13.7. The van der Waals surface area contributed by atoms with Crippen molar-refractivity contribution >= 4 is 5.78 Å². The van der Waals surface area contributed by atoms with Gasteiger partial charge in [-0.1, -0.05) is 30.7 Å². The van der Waals surface area contributed by atoms with Crippen molar-refractivity contribution in [2.24, 2.45) is 0 Å². The maximum atomic E-state index is 13.7. The van der Waals surface area contributed by atoms with Gasteiger partial charge < -0.3 is 0 Å². The molecule has 1 saturated carbocycles. The molecule has 0 amide bonds. The lowest BCUT2D eigenvalue weighted by atomic mass is 9.77. The molecule has 1 aromatic carbocycles. The van der Waals surface area contributed by atoms with Gasteiger partial charge in [0.1, 0.15) is 0 Å². The lowest BCUT2D eigenvalue weighted by Gasteiger charge is -2.27. The zero-order valence-corrected chi connectivity index (χ0v) is 10.5. The first kappa shape index (κ1) is 12.0. The number of nitrogens with zero attached hydrogens (tertiary/aromatic N) is 1. The van der Waals surface area contributed by atoms with Crippen LogP contribution in [0.2, 0.25) is 0 Å². The van der Waals surface area contributed by atoms with Crippen molar-refractivity contribution in [2.75, 3.05) is 0 Å². The van der Waals surface area contributed by atoms with Gasteiger partial charge in [0.25, 0.3) is 0 Å². The van der Waals surface area contributed by atoms with Crippen molar-refractivity contribution in [1.82, 2.24) is 4.98 Å². The van der Waals surface area contributed by atoms with Crippen molar-refractivity contribution in [2.45, 2.75) is 25.2 Å². The summed E-state index contributed by atoms with van der Waals surface area (Å²) in [5.41, 5.74) is 1.77. The van der Waals surface area contributed by atoms with E-state index in [0.29, 0.717) is 11.5 Å². The van der Waals surface area contributed by atoms with Gasteiger partial charge in [-0.05, 0) is 30.4 Å². The van der Waals surface area contributed by atoms with Crippen LogP contribution in [0.3, 0.4) is 0 Å². The average molecular weight is 255 g/mol. The first-order chi connectivity index (χ1) is 9.27. The molecule has 19 heavy (non-hydrogen) atoms. The Kier molecular flexibility index (Phi) is 3.11. The van der Waals surface area contributed by atoms with Crippen LogP contribution in [-0.4, -0.2) is 10.8 Å². The highest BCUT2D eigenvalue weighted by Gasteiger charge is 2.25. The highest BCUT2D eigenvalue weighted by molar-refractivity contribution is 6.10. The molecule has 3 rings (SSSR count). The van der Waals surface area contributed by atoms with Gasteiger partial charge in [-0.2, -0.15) is 0 Å². The SMILES string of the molecule is O=C(c1ccncc1F)c1ccccc1C1CCC1. The summed E-state index contributed by atoms with van der Waals surface area (Å²) in [4.78, 5) is 16.1. The molecule has 1 aliphatic carbocycles. The van der Waals surface area contributed by atoms with Crippen LogP contribution in [0.25, 0.3) is 0 Å². The van der Waals surface area contributed by atoms with E-state index in [0.717, 1.165) is 24.6 Å². The minimum Gasteiger partial charge on any atom is -0.288 e. The number of pyridine rings is 1. The molecule has 1 aliphatic rings. The topological polar surface area (TPSA) is 30.0 Å². The van der Waals surface area contributed by atoms with E-state index in [1.54, 1.807) is 6.07 Å². The van der Waals surface area contributed by atoms with E-state index in [1.807, 2.05) is 18.2 Å². The van der Waals surface area contributed by atoms with Crippen LogP contribution in [0, 0.1) is 5.82 Å². The summed E-state index contributed by atoms with van der Waals surface area (Å²) in [6, 6.07) is 8.98. The van der Waals surface area contributed by atoms with E-state index >= 15 is 0 Å². The third-order valence-corrected chi connectivity index (χ3v) is 3.77. The molecule has 2 aromatic rings. The van der Waals surface area contributed by atoms with Gasteiger partial charge in [-0.3, -0.25) is 9.78 Å². The third kappa shape index (κ3) is 2.16. The normalized spacial score (nSPS) is 15.0. The van der Waals surface area contributed by atoms with Crippen molar-refractivity contribution < 1.29 is 9.18 Å². The molecule has 2 nitrogen and oxygen atoms in total. The van der Waals surface area contributed by atoms with Crippen molar-refractivity contribution in [1.29, 1.82) is 0 Å². The summed E-state index contributed by atoms with van der Waals surface area (Å²) in [7, 11) is 0. The van der Waals surface area contributed by atoms with Crippen molar-refractivity contribution in [3.8, 4) is 0 Å². The zero-order chi connectivity index (χ0) is 13.2. The van der Waals surface area contributed by atoms with Gasteiger partial charge in [0.2, 0.25) is 0 Å². The second-order valence-corrected chi connectivity index (χ2v) is 4.90. The standard InChI is InChI=1S/C16H14FNO/c17-15-10-18-9-8-14(15)16(19)13-7-2-1-6-12(13)11-4-3-5-11/h1-2,6-11H,3-5H2. The third-order valence-electron chi connectivity index (χ3n) is 3.77. The first-order valence-electron chi connectivity index (χ1n) is 6.50. The Morgan fingerprint density at radius 2 is 1.95 bits per heavy atom. The summed E-state index contributed by atoms with van der Waals surface area (Å²) in [5.74, 6) is -0.358. The number of aromatic nitrogens is 1. The number of rotatable bonds is 3. The van der Waals surface area contributed by atoms with E-state index < -0.39 is 5.82 Å². The molecule has 3 heteroatoms. The average Bonchev–Trinajstić information content (AvgIpc) is 2.37. The number of benzene rings is 1. The summed E-state index contributed by atoms with van der Waals surface area (Å²) >= 11 is 0. The second-order valence-electron chi connectivity index (χ2n) is 4.90. The van der Waals surface area contributed by atoms with E-state index in [4.69, 9.17) is 0 Å². The van der Waals surface area contributed by atoms with Gasteiger partial charge in [0.15, 0.2) is 11.6 Å². The minimum atomic E-state index is -0.559. The van der Waals surface area contributed by atoms with E-state index in [2.05, 4.69) is 4.98 Å². The number of ketones is 1. The van der Waals surface area contributed by atoms with Crippen molar-refractivity contribution in [3.05, 3.63) is 65.2 Å². The maximum Gasteiger partial charge on any atom is 0.196 e. The summed E-state index contributed by atoms with van der Waals surface area (Å²) in [5, 5.41) is 0. The number of hydrogen-bond acceptors (Lipinski definition) is 2. The lowest BCUT2D eigenvalue weighted by Crippen LogP contribution is -2.15. The smallest absolute Gasteiger partial charge is 0.196 e. The number of hydrogen-bond donors (Lipinski definition) is 0. The number of carbonyl (C=O) groups excluding carboxylic acids is 1. The summed E-state index contributed by atoms with van der Waals surface area (Å²) in [6.45, 7) is 0. The van der Waals surface area contributed by atoms with Gasteiger partial charge in [0, 0.05) is 11.8 Å². The Morgan fingerprint density at radius 1 is 1.16 bits per heavy atom. The Labute approximate surface area is 111 Å². The highest BCUT2D eigenvalue weighted by atomic mass is 19.1. The molecule has 0 unspecified atom stereocenters. The highest BCUT2D eigenvalue weighted by Crippen LogP contribution is 2.38. The van der Waals surface area contributed by atoms with Gasteiger partial charge in [-0.25, -0.2) is 4.39 Å². The Hall–Kier alpha value is -2.03. The molecule has 0 saturated heterocycles. The van der Waals surface area contributed by atoms with E-state index in [9.17, 15) is 9.18 Å². The fourth-order valence-corrected chi connectivity index (χ4v) is 2.48. The van der Waals surface area contributed by atoms with Crippen LogP contribution < -0.4 is 0 Å². The largest absolute Gasteiger partial charge is 0.288 e. The monoisotopic (exact) mass is 255 g/mol. The van der Waals surface area contributed by atoms with Crippen LogP contribution in [0.4, 0.5) is 4.39 Å². The molecule has 96 valence electrons. The molecule has 0 radical (unpaired) electrons. The molecule has 1 heterocycles. The Morgan fingerprint density at radius 3 is 2.63 bits per heavy atom. The molecule has 0 atom stereocenters. The molecular formula is C16H14FNO. The van der Waals surface area contributed by atoms with Crippen LogP contribution >= 0.6 is 0 Å². The molecular weight excluding hydrogens is 241 g/mol. The van der Waals surface area contributed by atoms with Crippen LogP contribution in [0.5, 0.6) is 0 Å². The summed E-state index contributed by atoms with van der Waals surface area (Å²) in [6.07, 6.45) is 5.96. The van der Waals surface area contributed by atoms with Gasteiger partial charge in [0.05, 0.1) is 11.8 Å². The fraction of sp³-hybridized carbons (Fsp3) is 0.250. The molecule has 0 N–H and O–H groups in total. The maximum absolute atomic E-state index is 13.7. The molecule has 0 aliphatic heterocycles. The predicted octanol–water partition coefficient (Wildman–Crippen LogP) is 3.72. The zero-order valence-electron chi connectivity index (χ0n) is 10.5. The number of carbonyl (C=O) groups is 1. The van der Waals surface area contributed by atoms with E-state index in [-0.39, 0.29) is 11.3 Å². The minimum absolute atomic E-state index is 0.0989. The predicted molar refractivity (Wildman–Crippen MR) is 70.7 cm³/mol. The molecule has 0 bridgehead atoms. The van der Waals surface area contributed by atoms with Gasteiger partial charge >= 0.3 is 0 Å². The van der Waals surface area contributed by atoms with Crippen LogP contribution in [0.15, 0.2) is 42.7 Å². The molecule has 1 fully saturated rings. The quantitative estimate of drug-likeness (QED) is 0.782. The Bertz CT molecular complexity index is 620. The first-order valence-corrected chi connectivity index (χ1v) is 6.50.